The standard InChI is InChI=1S/C8H10ClN3O2/c1-11-4-6(13)10-8(11)12-3-5(9)2-7(12)14/h5H,2-4H2,1H3. The summed E-state index contributed by atoms with van der Waals surface area (Å²) >= 11 is 5.84. The van der Waals surface area contributed by atoms with Gasteiger partial charge in [0.15, 0.2) is 0 Å². The first-order valence-corrected chi connectivity index (χ1v) is 4.78. The maximum Gasteiger partial charge on any atom is 0.268 e. The summed E-state index contributed by atoms with van der Waals surface area (Å²) in [6, 6.07) is 0. The average molecular weight is 216 g/mol. The summed E-state index contributed by atoms with van der Waals surface area (Å²) in [7, 11) is 1.73. The highest BCUT2D eigenvalue weighted by molar-refractivity contribution is 6.24. The minimum Gasteiger partial charge on any atom is -0.336 e. The molecule has 0 bridgehead atoms. The van der Waals surface area contributed by atoms with Crippen LogP contribution in [0.5, 0.6) is 0 Å². The number of likely N-dealkylation sites (tertiary alicyclic amines) is 1. The Balaban J connectivity index is 2.19. The molecule has 0 saturated carbocycles. The molecule has 14 heavy (non-hydrogen) atoms. The maximum atomic E-state index is 11.4. The fourth-order valence-corrected chi connectivity index (χ4v) is 1.90. The molecule has 2 heterocycles. The molecule has 2 aliphatic rings. The van der Waals surface area contributed by atoms with E-state index in [4.69, 9.17) is 11.6 Å². The largest absolute Gasteiger partial charge is 0.336 e. The topological polar surface area (TPSA) is 53.0 Å². The zero-order chi connectivity index (χ0) is 10.3. The van der Waals surface area contributed by atoms with Gasteiger partial charge in [-0.15, -0.1) is 11.6 Å². The Labute approximate surface area is 86.3 Å². The van der Waals surface area contributed by atoms with E-state index in [1.165, 1.54) is 4.90 Å². The highest BCUT2D eigenvalue weighted by atomic mass is 35.5. The Morgan fingerprint density at radius 2 is 2.21 bits per heavy atom. The number of hydrogen-bond donors (Lipinski definition) is 0. The number of nitrogens with zero attached hydrogens (tertiary/aromatic N) is 3. The molecule has 0 aromatic rings. The molecule has 1 saturated heterocycles. The number of rotatable bonds is 0. The van der Waals surface area contributed by atoms with E-state index < -0.39 is 0 Å². The molecule has 0 aromatic carbocycles. The van der Waals surface area contributed by atoms with Crippen molar-refractivity contribution in [2.45, 2.75) is 11.8 Å². The van der Waals surface area contributed by atoms with E-state index in [9.17, 15) is 9.59 Å². The molecule has 0 N–H and O–H groups in total. The SMILES string of the molecule is CN1CC(=O)N=C1N1CC(Cl)CC1=O. The number of aliphatic imine (C=N–C) groups is 1. The zero-order valence-electron chi connectivity index (χ0n) is 7.73. The monoisotopic (exact) mass is 215 g/mol. The van der Waals surface area contributed by atoms with Crippen LogP contribution in [-0.2, 0) is 9.59 Å². The summed E-state index contributed by atoms with van der Waals surface area (Å²) in [6.45, 7) is 0.683. The second-order valence-corrected chi connectivity index (χ2v) is 4.08. The molecule has 1 fully saturated rings. The molecule has 2 rings (SSSR count). The van der Waals surface area contributed by atoms with Gasteiger partial charge in [0.25, 0.3) is 5.91 Å². The van der Waals surface area contributed by atoms with Gasteiger partial charge in [-0.1, -0.05) is 0 Å². The lowest BCUT2D eigenvalue weighted by Crippen LogP contribution is -2.40. The van der Waals surface area contributed by atoms with Crippen LogP contribution in [0, 0.1) is 0 Å². The van der Waals surface area contributed by atoms with Crippen LogP contribution in [0.1, 0.15) is 6.42 Å². The van der Waals surface area contributed by atoms with Crippen LogP contribution in [-0.4, -0.2) is 53.1 Å². The van der Waals surface area contributed by atoms with Crippen molar-refractivity contribution in [3.05, 3.63) is 0 Å². The van der Waals surface area contributed by atoms with Crippen molar-refractivity contribution in [3.63, 3.8) is 0 Å². The molecule has 2 amide bonds. The Hall–Kier alpha value is -1.10. The van der Waals surface area contributed by atoms with Crippen LogP contribution in [0.25, 0.3) is 0 Å². The van der Waals surface area contributed by atoms with Crippen molar-refractivity contribution in [2.24, 2.45) is 4.99 Å². The van der Waals surface area contributed by atoms with Crippen molar-refractivity contribution in [1.82, 2.24) is 9.80 Å². The predicted octanol–water partition coefficient (Wildman–Crippen LogP) is -0.346. The third-order valence-electron chi connectivity index (χ3n) is 2.26. The van der Waals surface area contributed by atoms with Crippen LogP contribution < -0.4 is 0 Å². The molecular weight excluding hydrogens is 206 g/mol. The third kappa shape index (κ3) is 1.48. The van der Waals surface area contributed by atoms with Gasteiger partial charge in [0.2, 0.25) is 11.9 Å². The fourth-order valence-electron chi connectivity index (χ4n) is 1.63. The minimum atomic E-state index is -0.215. The van der Waals surface area contributed by atoms with Gasteiger partial charge in [-0.3, -0.25) is 14.5 Å². The highest BCUT2D eigenvalue weighted by Gasteiger charge is 2.35. The van der Waals surface area contributed by atoms with E-state index in [-0.39, 0.29) is 23.7 Å². The lowest BCUT2D eigenvalue weighted by Gasteiger charge is -2.21. The number of alkyl halides is 1. The number of halogens is 1. The number of carbonyl (C=O) groups is 2. The quantitative estimate of drug-likeness (QED) is 0.520. The molecular formula is C8H10ClN3O2. The van der Waals surface area contributed by atoms with Gasteiger partial charge in [0.05, 0.1) is 5.38 Å². The minimum absolute atomic E-state index is 0.0645. The van der Waals surface area contributed by atoms with E-state index in [0.29, 0.717) is 18.9 Å². The van der Waals surface area contributed by atoms with E-state index in [1.54, 1.807) is 11.9 Å². The smallest absolute Gasteiger partial charge is 0.268 e. The number of likely N-dealkylation sites (N-methyl/N-ethyl adjacent to an activating group) is 1. The summed E-state index contributed by atoms with van der Waals surface area (Å²) in [4.78, 5) is 29.4. The van der Waals surface area contributed by atoms with Gasteiger partial charge >= 0.3 is 0 Å². The summed E-state index contributed by atoms with van der Waals surface area (Å²) in [5.41, 5.74) is 0. The van der Waals surface area contributed by atoms with Crippen LogP contribution in [0.2, 0.25) is 0 Å². The van der Waals surface area contributed by atoms with Crippen LogP contribution in [0.15, 0.2) is 4.99 Å². The van der Waals surface area contributed by atoms with E-state index in [1.807, 2.05) is 0 Å². The number of guanidine groups is 1. The van der Waals surface area contributed by atoms with Crippen LogP contribution in [0.3, 0.4) is 0 Å². The Morgan fingerprint density at radius 1 is 1.50 bits per heavy atom. The van der Waals surface area contributed by atoms with Crippen molar-refractivity contribution in [2.75, 3.05) is 20.1 Å². The lowest BCUT2D eigenvalue weighted by molar-refractivity contribution is -0.124. The second-order valence-electron chi connectivity index (χ2n) is 3.47. The Kier molecular flexibility index (Phi) is 2.19. The van der Waals surface area contributed by atoms with Gasteiger partial charge in [-0.25, -0.2) is 0 Å². The highest BCUT2D eigenvalue weighted by Crippen LogP contribution is 2.19. The van der Waals surface area contributed by atoms with E-state index in [2.05, 4.69) is 4.99 Å². The molecule has 1 unspecified atom stereocenters. The van der Waals surface area contributed by atoms with Gasteiger partial charge in [0, 0.05) is 20.0 Å². The summed E-state index contributed by atoms with van der Waals surface area (Å²) in [5, 5.41) is -0.172. The van der Waals surface area contributed by atoms with Crippen molar-refractivity contribution < 1.29 is 9.59 Å². The van der Waals surface area contributed by atoms with Gasteiger partial charge in [-0.2, -0.15) is 4.99 Å². The van der Waals surface area contributed by atoms with Crippen molar-refractivity contribution in [3.8, 4) is 0 Å². The number of hydrogen-bond acceptors (Lipinski definition) is 3. The first-order chi connectivity index (χ1) is 6.58. The van der Waals surface area contributed by atoms with E-state index in [0.717, 1.165) is 0 Å². The van der Waals surface area contributed by atoms with Gasteiger partial charge < -0.3 is 4.90 Å². The predicted molar refractivity (Wildman–Crippen MR) is 51.0 cm³/mol. The molecule has 2 aliphatic heterocycles. The third-order valence-corrected chi connectivity index (χ3v) is 2.55. The Bertz CT molecular complexity index is 329. The molecule has 0 aliphatic carbocycles. The number of amides is 2. The van der Waals surface area contributed by atoms with Gasteiger partial charge in [0.1, 0.15) is 6.54 Å². The summed E-state index contributed by atoms with van der Waals surface area (Å²) < 4.78 is 0. The lowest BCUT2D eigenvalue weighted by atomic mass is 10.4. The first-order valence-electron chi connectivity index (χ1n) is 4.35. The zero-order valence-corrected chi connectivity index (χ0v) is 8.49. The number of carbonyl (C=O) groups excluding carboxylic acids is 2. The molecule has 5 nitrogen and oxygen atoms in total. The molecule has 76 valence electrons. The molecule has 6 heteroatoms. The van der Waals surface area contributed by atoms with Crippen molar-refractivity contribution in [1.29, 1.82) is 0 Å². The normalized spacial score (nSPS) is 27.6. The summed E-state index contributed by atoms with van der Waals surface area (Å²) in [6.07, 6.45) is 0.322. The first kappa shape index (κ1) is 9.45. The average Bonchev–Trinajstić information content (AvgIpc) is 2.55. The van der Waals surface area contributed by atoms with Crippen LogP contribution in [0.4, 0.5) is 0 Å². The maximum absolute atomic E-state index is 11.4. The van der Waals surface area contributed by atoms with Gasteiger partial charge in [-0.05, 0) is 0 Å². The van der Waals surface area contributed by atoms with Crippen molar-refractivity contribution >= 4 is 29.4 Å². The fraction of sp³-hybridized carbons (Fsp3) is 0.625. The molecule has 0 radical (unpaired) electrons. The second kappa shape index (κ2) is 3.24. The summed E-state index contributed by atoms with van der Waals surface area (Å²) in [5.74, 6) is 0.154. The molecule has 1 atom stereocenters. The Morgan fingerprint density at radius 3 is 2.64 bits per heavy atom. The van der Waals surface area contributed by atoms with E-state index >= 15 is 0 Å². The molecule has 0 aromatic heterocycles. The van der Waals surface area contributed by atoms with Crippen LogP contribution >= 0.6 is 11.6 Å². The molecule has 0 spiro atoms.